The molecule has 2 N–H and O–H groups in total. The minimum atomic E-state index is 0.0641. The summed E-state index contributed by atoms with van der Waals surface area (Å²) >= 11 is 1.23. The van der Waals surface area contributed by atoms with E-state index in [0.717, 1.165) is 0 Å². The van der Waals surface area contributed by atoms with Crippen LogP contribution in [0.2, 0.25) is 0 Å². The van der Waals surface area contributed by atoms with Crippen molar-refractivity contribution in [3.05, 3.63) is 11.1 Å². The second-order valence-corrected chi connectivity index (χ2v) is 3.79. The number of hydrogen-bond acceptors (Lipinski definition) is 5. The largest absolute Gasteiger partial charge is 0.375 e. The second-order valence-electron chi connectivity index (χ2n) is 2.72. The van der Waals surface area contributed by atoms with Crippen LogP contribution in [0.4, 0.5) is 5.13 Å². The molecule has 0 aliphatic heterocycles. The molecule has 66 valence electrons. The van der Waals surface area contributed by atoms with Crippen LogP contribution in [0.15, 0.2) is 6.20 Å². The fraction of sp³-hybridized carbons (Fsp3) is 0.429. The first-order valence-corrected chi connectivity index (χ1v) is 4.30. The number of ketones is 1. The van der Waals surface area contributed by atoms with E-state index in [1.807, 2.05) is 19.0 Å². The number of anilines is 1. The topological polar surface area (TPSA) is 59.2 Å². The summed E-state index contributed by atoms with van der Waals surface area (Å²) in [6.45, 7) is 0.404. The lowest BCUT2D eigenvalue weighted by atomic mass is 10.3. The summed E-state index contributed by atoms with van der Waals surface area (Å²) in [6.07, 6.45) is 1.52. The van der Waals surface area contributed by atoms with Crippen LogP contribution >= 0.6 is 11.3 Å². The van der Waals surface area contributed by atoms with Crippen molar-refractivity contribution >= 4 is 22.3 Å². The Morgan fingerprint density at radius 1 is 1.75 bits per heavy atom. The van der Waals surface area contributed by atoms with Gasteiger partial charge in [0.15, 0.2) is 10.9 Å². The standard InChI is InChI=1S/C7H11N3OS/c1-10(2)4-5(11)6-3-9-7(8)12-6/h3H,4H2,1-2H3,(H2,8,9). The van der Waals surface area contributed by atoms with Crippen molar-refractivity contribution in [2.24, 2.45) is 0 Å². The normalized spacial score (nSPS) is 10.6. The molecular weight excluding hydrogens is 174 g/mol. The minimum absolute atomic E-state index is 0.0641. The van der Waals surface area contributed by atoms with Crippen LogP contribution in [0.25, 0.3) is 0 Å². The first-order chi connectivity index (χ1) is 5.59. The van der Waals surface area contributed by atoms with Crippen molar-refractivity contribution in [2.75, 3.05) is 26.4 Å². The SMILES string of the molecule is CN(C)CC(=O)c1cnc(N)s1. The number of Topliss-reactive ketones (excluding diaryl/α,β-unsaturated/α-hetero) is 1. The summed E-state index contributed by atoms with van der Waals surface area (Å²) in [5.41, 5.74) is 5.39. The van der Waals surface area contributed by atoms with E-state index in [1.54, 1.807) is 0 Å². The lowest BCUT2D eigenvalue weighted by Gasteiger charge is -2.05. The molecular formula is C7H11N3OS. The van der Waals surface area contributed by atoms with E-state index < -0.39 is 0 Å². The molecule has 0 atom stereocenters. The molecule has 0 spiro atoms. The lowest BCUT2D eigenvalue weighted by Crippen LogP contribution is -2.20. The van der Waals surface area contributed by atoms with Crippen LogP contribution in [0.3, 0.4) is 0 Å². The Hall–Kier alpha value is -0.940. The van der Waals surface area contributed by atoms with Crippen molar-refractivity contribution in [1.29, 1.82) is 0 Å². The second kappa shape index (κ2) is 3.64. The Bertz CT molecular complexity index is 282. The number of nitrogens with zero attached hydrogens (tertiary/aromatic N) is 2. The van der Waals surface area contributed by atoms with Gasteiger partial charge in [-0.05, 0) is 14.1 Å². The molecule has 5 heteroatoms. The number of rotatable bonds is 3. The fourth-order valence-electron chi connectivity index (χ4n) is 0.782. The molecule has 0 aliphatic carbocycles. The third-order valence-corrected chi connectivity index (χ3v) is 2.13. The summed E-state index contributed by atoms with van der Waals surface area (Å²) in [7, 11) is 3.70. The first-order valence-electron chi connectivity index (χ1n) is 3.49. The molecule has 1 heterocycles. The molecule has 0 unspecified atom stereocenters. The Morgan fingerprint density at radius 3 is 2.83 bits per heavy atom. The van der Waals surface area contributed by atoms with E-state index in [0.29, 0.717) is 16.6 Å². The van der Waals surface area contributed by atoms with Crippen LogP contribution in [-0.4, -0.2) is 36.3 Å². The molecule has 0 fully saturated rings. The van der Waals surface area contributed by atoms with Gasteiger partial charge in [0.2, 0.25) is 0 Å². The third kappa shape index (κ3) is 2.28. The highest BCUT2D eigenvalue weighted by atomic mass is 32.1. The molecule has 0 amide bonds. The van der Waals surface area contributed by atoms with Crippen LogP contribution in [-0.2, 0) is 0 Å². The van der Waals surface area contributed by atoms with Gasteiger partial charge < -0.3 is 10.6 Å². The van der Waals surface area contributed by atoms with Crippen LogP contribution < -0.4 is 5.73 Å². The number of hydrogen-bond donors (Lipinski definition) is 1. The number of nitrogen functional groups attached to an aromatic ring is 1. The molecule has 0 radical (unpaired) electrons. The smallest absolute Gasteiger partial charge is 0.188 e. The fourth-order valence-corrected chi connectivity index (χ4v) is 1.40. The summed E-state index contributed by atoms with van der Waals surface area (Å²) in [6, 6.07) is 0. The molecule has 0 saturated carbocycles. The number of likely N-dealkylation sites (N-methyl/N-ethyl adjacent to an activating group) is 1. The zero-order valence-corrected chi connectivity index (χ0v) is 7.89. The highest BCUT2D eigenvalue weighted by Crippen LogP contribution is 2.14. The molecule has 1 aromatic rings. The van der Waals surface area contributed by atoms with Gasteiger partial charge >= 0.3 is 0 Å². The Labute approximate surface area is 75.0 Å². The maximum Gasteiger partial charge on any atom is 0.188 e. The van der Waals surface area contributed by atoms with Gasteiger partial charge in [-0.1, -0.05) is 11.3 Å². The number of carbonyl (C=O) groups excluding carboxylic acids is 1. The molecule has 0 aliphatic rings. The Morgan fingerprint density at radius 2 is 2.42 bits per heavy atom. The number of aromatic nitrogens is 1. The predicted molar refractivity (Wildman–Crippen MR) is 49.4 cm³/mol. The van der Waals surface area contributed by atoms with Gasteiger partial charge in [0.05, 0.1) is 17.6 Å². The van der Waals surface area contributed by atoms with Gasteiger partial charge in [-0.15, -0.1) is 0 Å². The first kappa shape index (κ1) is 9.15. The monoisotopic (exact) mass is 185 g/mol. The van der Waals surface area contributed by atoms with Gasteiger partial charge in [0.25, 0.3) is 0 Å². The zero-order chi connectivity index (χ0) is 9.14. The van der Waals surface area contributed by atoms with Crippen molar-refractivity contribution in [3.63, 3.8) is 0 Å². The van der Waals surface area contributed by atoms with E-state index in [4.69, 9.17) is 5.73 Å². The number of thiazole rings is 1. The summed E-state index contributed by atoms with van der Waals surface area (Å²) in [4.78, 5) is 17.6. The summed E-state index contributed by atoms with van der Waals surface area (Å²) < 4.78 is 0. The van der Waals surface area contributed by atoms with E-state index in [1.165, 1.54) is 17.5 Å². The van der Waals surface area contributed by atoms with Crippen LogP contribution in [0, 0.1) is 0 Å². The quantitative estimate of drug-likeness (QED) is 0.695. The molecule has 0 bridgehead atoms. The van der Waals surface area contributed by atoms with Crippen LogP contribution in [0.1, 0.15) is 9.67 Å². The minimum Gasteiger partial charge on any atom is -0.375 e. The Balaban J connectivity index is 2.65. The number of nitrogens with two attached hydrogens (primary N) is 1. The maximum atomic E-state index is 11.3. The zero-order valence-electron chi connectivity index (χ0n) is 7.07. The van der Waals surface area contributed by atoms with E-state index in [2.05, 4.69) is 4.98 Å². The maximum absolute atomic E-state index is 11.3. The van der Waals surface area contributed by atoms with Crippen molar-refractivity contribution in [2.45, 2.75) is 0 Å². The van der Waals surface area contributed by atoms with E-state index >= 15 is 0 Å². The molecule has 12 heavy (non-hydrogen) atoms. The number of carbonyl (C=O) groups is 1. The van der Waals surface area contributed by atoms with E-state index in [-0.39, 0.29) is 5.78 Å². The molecule has 4 nitrogen and oxygen atoms in total. The average molecular weight is 185 g/mol. The lowest BCUT2D eigenvalue weighted by molar-refractivity contribution is 0.0961. The third-order valence-electron chi connectivity index (χ3n) is 1.26. The van der Waals surface area contributed by atoms with Crippen LogP contribution in [0.5, 0.6) is 0 Å². The van der Waals surface area contributed by atoms with Gasteiger partial charge in [-0.25, -0.2) is 4.98 Å². The van der Waals surface area contributed by atoms with Gasteiger partial charge in [-0.3, -0.25) is 4.79 Å². The van der Waals surface area contributed by atoms with Crippen molar-refractivity contribution < 1.29 is 4.79 Å². The predicted octanol–water partition coefficient (Wildman–Crippen LogP) is 0.470. The average Bonchev–Trinajstić information content (AvgIpc) is 2.34. The molecule has 1 aromatic heterocycles. The summed E-state index contributed by atoms with van der Waals surface area (Å²) in [5.74, 6) is 0.0641. The van der Waals surface area contributed by atoms with E-state index in [9.17, 15) is 4.79 Å². The van der Waals surface area contributed by atoms with Crippen molar-refractivity contribution in [3.8, 4) is 0 Å². The van der Waals surface area contributed by atoms with Gasteiger partial charge in [0, 0.05) is 0 Å². The van der Waals surface area contributed by atoms with Gasteiger partial charge in [-0.2, -0.15) is 0 Å². The highest BCUT2D eigenvalue weighted by molar-refractivity contribution is 7.17. The molecule has 0 aromatic carbocycles. The molecule has 0 saturated heterocycles. The molecule has 1 rings (SSSR count). The summed E-state index contributed by atoms with van der Waals surface area (Å²) in [5, 5.41) is 0.442. The van der Waals surface area contributed by atoms with Gasteiger partial charge in [0.1, 0.15) is 0 Å². The van der Waals surface area contributed by atoms with Crippen molar-refractivity contribution in [1.82, 2.24) is 9.88 Å². The Kier molecular flexibility index (Phi) is 2.78. The highest BCUT2D eigenvalue weighted by Gasteiger charge is 2.09.